The molecule has 0 amide bonds. The van der Waals surface area contributed by atoms with Gasteiger partial charge in [-0.15, -0.1) is 11.3 Å². The fourth-order valence-electron chi connectivity index (χ4n) is 3.15. The van der Waals surface area contributed by atoms with E-state index in [1.807, 2.05) is 13.0 Å². The van der Waals surface area contributed by atoms with Crippen molar-refractivity contribution >= 4 is 39.1 Å². The van der Waals surface area contributed by atoms with Crippen molar-refractivity contribution in [2.75, 3.05) is 11.9 Å². The molecule has 2 N–H and O–H groups in total. The van der Waals surface area contributed by atoms with E-state index in [-0.39, 0.29) is 12.6 Å². The summed E-state index contributed by atoms with van der Waals surface area (Å²) in [5.74, 6) is 1.73. The molecule has 25 heavy (non-hydrogen) atoms. The summed E-state index contributed by atoms with van der Waals surface area (Å²) in [6, 6.07) is 10.4. The number of rotatable bonds is 6. The molecule has 3 aromatic rings. The Kier molecular flexibility index (Phi) is 4.92. The van der Waals surface area contributed by atoms with Gasteiger partial charge in [0.1, 0.15) is 10.6 Å². The van der Waals surface area contributed by atoms with Crippen molar-refractivity contribution in [1.82, 2.24) is 9.97 Å². The zero-order valence-corrected chi connectivity index (χ0v) is 15.8. The summed E-state index contributed by atoms with van der Waals surface area (Å²) in [4.78, 5) is 12.1. The minimum atomic E-state index is -0.0259. The number of aryl methyl sites for hydroxylation is 2. The molecule has 0 fully saturated rings. The molecule has 0 bridgehead atoms. The monoisotopic (exact) mass is 371 g/mol. The maximum absolute atomic E-state index is 9.43. The van der Waals surface area contributed by atoms with Gasteiger partial charge >= 0.3 is 0 Å². The summed E-state index contributed by atoms with van der Waals surface area (Å²) in [6.45, 7) is 2.06. The van der Waals surface area contributed by atoms with Crippen molar-refractivity contribution < 1.29 is 5.11 Å². The molecule has 0 spiro atoms. The van der Waals surface area contributed by atoms with Crippen molar-refractivity contribution in [3.63, 3.8) is 0 Å². The van der Waals surface area contributed by atoms with Gasteiger partial charge in [0.05, 0.1) is 12.0 Å². The number of nitrogens with one attached hydrogen (secondary N) is 1. The first kappa shape index (κ1) is 16.8. The van der Waals surface area contributed by atoms with E-state index in [0.29, 0.717) is 0 Å². The average molecular weight is 372 g/mol. The Balaban J connectivity index is 1.68. The van der Waals surface area contributed by atoms with Gasteiger partial charge in [-0.1, -0.05) is 42.1 Å². The van der Waals surface area contributed by atoms with Crippen LogP contribution in [0.5, 0.6) is 0 Å². The van der Waals surface area contributed by atoms with Crippen molar-refractivity contribution in [2.24, 2.45) is 0 Å². The third-order valence-electron chi connectivity index (χ3n) is 4.41. The number of anilines is 1. The fourth-order valence-corrected chi connectivity index (χ4v) is 5.27. The van der Waals surface area contributed by atoms with Crippen LogP contribution in [0.1, 0.15) is 29.3 Å². The van der Waals surface area contributed by atoms with Crippen LogP contribution in [0.3, 0.4) is 0 Å². The smallest absolute Gasteiger partial charge is 0.191 e. The number of nitrogens with zero attached hydrogens (tertiary/aromatic N) is 2. The van der Waals surface area contributed by atoms with Crippen LogP contribution in [-0.2, 0) is 18.6 Å². The molecule has 1 aliphatic rings. The maximum Gasteiger partial charge on any atom is 0.191 e. The molecule has 6 heteroatoms. The lowest BCUT2D eigenvalue weighted by Gasteiger charge is -2.14. The van der Waals surface area contributed by atoms with Gasteiger partial charge in [-0.05, 0) is 37.3 Å². The van der Waals surface area contributed by atoms with Crippen LogP contribution in [0.25, 0.3) is 10.2 Å². The highest BCUT2D eigenvalue weighted by Gasteiger charge is 2.23. The predicted molar refractivity (Wildman–Crippen MR) is 106 cm³/mol. The van der Waals surface area contributed by atoms with E-state index >= 15 is 0 Å². The summed E-state index contributed by atoms with van der Waals surface area (Å²) in [5, 5.41) is 14.8. The molecule has 0 saturated carbocycles. The molecular weight excluding hydrogens is 350 g/mol. The van der Waals surface area contributed by atoms with E-state index in [1.54, 1.807) is 23.1 Å². The standard InChI is InChI=1S/C19H21N3OS2/c1-12(10-23)20-17-16-14-8-5-9-15(14)25-18(16)22-19(21-17)24-11-13-6-3-2-4-7-13/h2-4,6-7,12,23H,5,8-11H2,1H3,(H,20,21,22)/t12-/m1/s1. The van der Waals surface area contributed by atoms with Crippen molar-refractivity contribution in [2.45, 2.75) is 43.1 Å². The number of thioether (sulfide) groups is 1. The number of thiophene rings is 1. The molecule has 2 heterocycles. The number of hydrogen-bond donors (Lipinski definition) is 2. The minimum absolute atomic E-state index is 0.0259. The van der Waals surface area contributed by atoms with Crippen LogP contribution < -0.4 is 5.32 Å². The first-order valence-electron chi connectivity index (χ1n) is 8.61. The molecule has 0 radical (unpaired) electrons. The molecule has 2 aromatic heterocycles. The average Bonchev–Trinajstić information content (AvgIpc) is 3.21. The van der Waals surface area contributed by atoms with E-state index in [9.17, 15) is 5.11 Å². The van der Waals surface area contributed by atoms with Crippen LogP contribution in [-0.4, -0.2) is 27.7 Å². The second kappa shape index (κ2) is 7.32. The molecule has 1 aromatic carbocycles. The number of aliphatic hydroxyl groups excluding tert-OH is 1. The number of aromatic nitrogens is 2. The number of aliphatic hydroxyl groups is 1. The Hall–Kier alpha value is -1.63. The summed E-state index contributed by atoms with van der Waals surface area (Å²) in [6.07, 6.45) is 3.48. The van der Waals surface area contributed by atoms with E-state index in [1.165, 1.54) is 27.8 Å². The number of benzene rings is 1. The molecule has 4 rings (SSSR count). The second-order valence-electron chi connectivity index (χ2n) is 6.39. The summed E-state index contributed by atoms with van der Waals surface area (Å²) in [7, 11) is 0. The maximum atomic E-state index is 9.43. The third kappa shape index (κ3) is 3.52. The quantitative estimate of drug-likeness (QED) is 0.501. The molecule has 0 aliphatic heterocycles. The lowest BCUT2D eigenvalue weighted by molar-refractivity contribution is 0.281. The van der Waals surface area contributed by atoms with E-state index < -0.39 is 0 Å². The molecule has 4 nitrogen and oxygen atoms in total. The van der Waals surface area contributed by atoms with Crippen LogP contribution in [0, 0.1) is 0 Å². The summed E-state index contributed by atoms with van der Waals surface area (Å²) < 4.78 is 0. The zero-order chi connectivity index (χ0) is 17.2. The van der Waals surface area contributed by atoms with Gasteiger partial charge < -0.3 is 10.4 Å². The lowest BCUT2D eigenvalue weighted by Crippen LogP contribution is -2.20. The van der Waals surface area contributed by atoms with E-state index in [0.717, 1.165) is 34.4 Å². The van der Waals surface area contributed by atoms with Gasteiger partial charge in [0, 0.05) is 16.7 Å². The topological polar surface area (TPSA) is 58.0 Å². The van der Waals surface area contributed by atoms with Crippen molar-refractivity contribution in [3.8, 4) is 0 Å². The molecular formula is C19H21N3OS2. The van der Waals surface area contributed by atoms with Crippen LogP contribution >= 0.6 is 23.1 Å². The zero-order valence-electron chi connectivity index (χ0n) is 14.2. The van der Waals surface area contributed by atoms with Gasteiger partial charge in [0.2, 0.25) is 0 Å². The van der Waals surface area contributed by atoms with Crippen molar-refractivity contribution in [1.29, 1.82) is 0 Å². The molecule has 1 atom stereocenters. The molecule has 0 saturated heterocycles. The van der Waals surface area contributed by atoms with Crippen molar-refractivity contribution in [3.05, 3.63) is 46.3 Å². The number of hydrogen-bond acceptors (Lipinski definition) is 6. The highest BCUT2D eigenvalue weighted by molar-refractivity contribution is 7.98. The lowest BCUT2D eigenvalue weighted by atomic mass is 10.2. The normalized spacial score (nSPS) is 14.6. The van der Waals surface area contributed by atoms with Gasteiger partial charge in [0.25, 0.3) is 0 Å². The molecule has 130 valence electrons. The van der Waals surface area contributed by atoms with E-state index in [4.69, 9.17) is 9.97 Å². The number of fused-ring (bicyclic) bond motifs is 3. The first-order valence-corrected chi connectivity index (χ1v) is 10.4. The Morgan fingerprint density at radius 3 is 2.88 bits per heavy atom. The highest BCUT2D eigenvalue weighted by atomic mass is 32.2. The summed E-state index contributed by atoms with van der Waals surface area (Å²) in [5.41, 5.74) is 2.68. The predicted octanol–water partition coefficient (Wildman–Crippen LogP) is 4.27. The second-order valence-corrected chi connectivity index (χ2v) is 8.42. The van der Waals surface area contributed by atoms with Crippen LogP contribution in [0.2, 0.25) is 0 Å². The highest BCUT2D eigenvalue weighted by Crippen LogP contribution is 2.40. The Labute approximate surface area is 155 Å². The fraction of sp³-hybridized carbons (Fsp3) is 0.368. The van der Waals surface area contributed by atoms with Gasteiger partial charge in [-0.25, -0.2) is 9.97 Å². The SMILES string of the molecule is C[C@H](CO)Nc1nc(SCc2ccccc2)nc2sc3c(c12)CCC3. The Morgan fingerprint density at radius 2 is 2.08 bits per heavy atom. The Bertz CT molecular complexity index is 879. The minimum Gasteiger partial charge on any atom is -0.394 e. The molecule has 1 aliphatic carbocycles. The van der Waals surface area contributed by atoms with Gasteiger partial charge in [0.15, 0.2) is 5.16 Å². The van der Waals surface area contributed by atoms with Gasteiger partial charge in [-0.2, -0.15) is 0 Å². The molecule has 0 unspecified atom stereocenters. The largest absolute Gasteiger partial charge is 0.394 e. The van der Waals surface area contributed by atoms with Crippen LogP contribution in [0.15, 0.2) is 35.5 Å². The Morgan fingerprint density at radius 1 is 1.24 bits per heavy atom. The van der Waals surface area contributed by atoms with E-state index in [2.05, 4.69) is 29.6 Å². The third-order valence-corrected chi connectivity index (χ3v) is 6.52. The van der Waals surface area contributed by atoms with Gasteiger partial charge in [-0.3, -0.25) is 0 Å². The first-order chi connectivity index (χ1) is 12.2. The van der Waals surface area contributed by atoms with Crippen LogP contribution in [0.4, 0.5) is 5.82 Å². The summed E-state index contributed by atoms with van der Waals surface area (Å²) >= 11 is 3.46.